The summed E-state index contributed by atoms with van der Waals surface area (Å²) in [4.78, 5) is 3.67. The molecule has 1 saturated carbocycles. The largest absolute Gasteiger partial charge is 0.409 e. The fraction of sp³-hybridized carbons (Fsp3) is 0.267. The summed E-state index contributed by atoms with van der Waals surface area (Å²) >= 11 is 5.20. The van der Waals surface area contributed by atoms with Gasteiger partial charge in [0.25, 0.3) is 0 Å². The van der Waals surface area contributed by atoms with E-state index >= 15 is 0 Å². The molecule has 21 heavy (non-hydrogen) atoms. The molecular weight excluding hydrogens is 350 g/mol. The summed E-state index contributed by atoms with van der Waals surface area (Å²) in [5.74, 6) is 0.142. The van der Waals surface area contributed by atoms with Crippen LogP contribution < -0.4 is 10.6 Å². The van der Waals surface area contributed by atoms with Crippen LogP contribution in [0, 0.1) is 0 Å². The van der Waals surface area contributed by atoms with Crippen LogP contribution in [0.5, 0.6) is 0 Å². The van der Waals surface area contributed by atoms with Gasteiger partial charge in [-0.15, -0.1) is 11.3 Å². The highest BCUT2D eigenvalue weighted by Gasteiger charge is 2.31. The van der Waals surface area contributed by atoms with Crippen LogP contribution in [-0.2, 0) is 6.54 Å². The van der Waals surface area contributed by atoms with Gasteiger partial charge in [0.2, 0.25) is 0 Å². The Hall–Kier alpha value is -1.53. The van der Waals surface area contributed by atoms with Crippen molar-refractivity contribution in [2.24, 2.45) is 10.9 Å². The molecule has 0 unspecified atom stereocenters. The van der Waals surface area contributed by atoms with Gasteiger partial charge in [0.15, 0.2) is 5.84 Å². The first kappa shape index (κ1) is 14.4. The Bertz CT molecular complexity index is 653. The lowest BCUT2D eigenvalue weighted by Crippen LogP contribution is -2.28. The Labute approximate surface area is 136 Å². The molecule has 0 bridgehead atoms. The van der Waals surface area contributed by atoms with Crippen molar-refractivity contribution in [2.75, 3.05) is 4.90 Å². The number of anilines is 1. The molecule has 0 saturated heterocycles. The predicted molar refractivity (Wildman–Crippen MR) is 90.2 cm³/mol. The Morgan fingerprint density at radius 3 is 2.86 bits per heavy atom. The van der Waals surface area contributed by atoms with Crippen molar-refractivity contribution in [2.45, 2.75) is 25.4 Å². The van der Waals surface area contributed by atoms with Crippen molar-refractivity contribution in [3.8, 4) is 0 Å². The van der Waals surface area contributed by atoms with E-state index in [1.807, 2.05) is 18.2 Å². The molecular formula is C15H16BrN3OS. The fourth-order valence-electron chi connectivity index (χ4n) is 2.39. The number of nitrogens with two attached hydrogens (primary N) is 1. The predicted octanol–water partition coefficient (Wildman–Crippen LogP) is 3.77. The van der Waals surface area contributed by atoms with E-state index in [-0.39, 0.29) is 5.84 Å². The first-order valence-electron chi connectivity index (χ1n) is 6.75. The summed E-state index contributed by atoms with van der Waals surface area (Å²) in [6.07, 6.45) is 2.38. The molecule has 1 aromatic carbocycles. The minimum atomic E-state index is 0.142. The van der Waals surface area contributed by atoms with Crippen molar-refractivity contribution < 1.29 is 5.21 Å². The summed E-state index contributed by atoms with van der Waals surface area (Å²) in [6, 6.07) is 10.7. The summed E-state index contributed by atoms with van der Waals surface area (Å²) in [6.45, 7) is 0.857. The van der Waals surface area contributed by atoms with E-state index in [1.54, 1.807) is 11.3 Å². The number of halogens is 1. The molecule has 0 spiro atoms. The van der Waals surface area contributed by atoms with Gasteiger partial charge in [0.1, 0.15) is 0 Å². The molecule has 1 fully saturated rings. The molecule has 110 valence electrons. The first-order chi connectivity index (χ1) is 10.2. The molecule has 1 aliphatic rings. The second kappa shape index (κ2) is 6.07. The van der Waals surface area contributed by atoms with Gasteiger partial charge in [0.05, 0.1) is 6.54 Å². The lowest BCUT2D eigenvalue weighted by atomic mass is 10.1. The van der Waals surface area contributed by atoms with Gasteiger partial charge >= 0.3 is 0 Å². The molecule has 3 N–H and O–H groups in total. The maximum Gasteiger partial charge on any atom is 0.172 e. The van der Waals surface area contributed by atoms with E-state index in [9.17, 15) is 0 Å². The number of hydrogen-bond acceptors (Lipinski definition) is 4. The van der Waals surface area contributed by atoms with E-state index < -0.39 is 0 Å². The fourth-order valence-corrected chi connectivity index (χ4v) is 3.45. The Morgan fingerprint density at radius 1 is 1.43 bits per heavy atom. The van der Waals surface area contributed by atoms with E-state index in [0.29, 0.717) is 6.04 Å². The highest BCUT2D eigenvalue weighted by Crippen LogP contribution is 2.36. The van der Waals surface area contributed by atoms with Crippen LogP contribution in [0.3, 0.4) is 0 Å². The molecule has 1 heterocycles. The van der Waals surface area contributed by atoms with Gasteiger partial charge in [-0.1, -0.05) is 27.2 Å². The maximum absolute atomic E-state index is 9.03. The molecule has 1 aromatic heterocycles. The van der Waals surface area contributed by atoms with Crippen LogP contribution >= 0.6 is 27.3 Å². The van der Waals surface area contributed by atoms with Crippen LogP contribution in [0.25, 0.3) is 0 Å². The standard InChI is InChI=1S/C15H16BrN3OS/c16-10-3-6-14(13(8-10)15(17)18-20)19(11-4-5-11)9-12-2-1-7-21-12/h1-3,6-8,11,20H,4-5,9H2,(H2,17,18). The van der Waals surface area contributed by atoms with Crippen molar-refractivity contribution in [3.05, 3.63) is 50.6 Å². The van der Waals surface area contributed by atoms with Crippen LogP contribution in [0.2, 0.25) is 0 Å². The quantitative estimate of drug-likeness (QED) is 0.366. The van der Waals surface area contributed by atoms with E-state index in [0.717, 1.165) is 22.3 Å². The summed E-state index contributed by atoms with van der Waals surface area (Å²) in [7, 11) is 0. The number of benzene rings is 1. The minimum absolute atomic E-state index is 0.142. The van der Waals surface area contributed by atoms with Gasteiger partial charge in [-0.25, -0.2) is 0 Å². The van der Waals surface area contributed by atoms with Crippen LogP contribution in [0.15, 0.2) is 45.3 Å². The monoisotopic (exact) mass is 365 g/mol. The van der Waals surface area contributed by atoms with Crippen molar-refractivity contribution in [1.29, 1.82) is 0 Å². The van der Waals surface area contributed by atoms with Gasteiger partial charge < -0.3 is 15.8 Å². The van der Waals surface area contributed by atoms with Crippen molar-refractivity contribution in [3.63, 3.8) is 0 Å². The average molecular weight is 366 g/mol. The van der Waals surface area contributed by atoms with E-state index in [1.165, 1.54) is 17.7 Å². The number of oxime groups is 1. The maximum atomic E-state index is 9.03. The van der Waals surface area contributed by atoms with Crippen LogP contribution in [-0.4, -0.2) is 17.1 Å². The Kier molecular flexibility index (Phi) is 4.17. The number of rotatable bonds is 5. The molecule has 6 heteroatoms. The number of amidine groups is 1. The van der Waals surface area contributed by atoms with E-state index in [4.69, 9.17) is 10.9 Å². The van der Waals surface area contributed by atoms with Gasteiger partial charge in [0, 0.05) is 26.6 Å². The van der Waals surface area contributed by atoms with Gasteiger partial charge in [-0.2, -0.15) is 0 Å². The first-order valence-corrected chi connectivity index (χ1v) is 8.43. The zero-order valence-electron chi connectivity index (χ0n) is 11.4. The molecule has 2 aromatic rings. The third kappa shape index (κ3) is 3.22. The Balaban J connectivity index is 1.99. The second-order valence-corrected chi connectivity index (χ2v) is 7.03. The summed E-state index contributed by atoms with van der Waals surface area (Å²) in [5.41, 5.74) is 7.63. The third-order valence-corrected chi connectivity index (χ3v) is 4.90. The number of nitrogens with zero attached hydrogens (tertiary/aromatic N) is 2. The zero-order chi connectivity index (χ0) is 14.8. The van der Waals surface area contributed by atoms with Crippen LogP contribution in [0.4, 0.5) is 5.69 Å². The molecule has 0 radical (unpaired) electrons. The summed E-state index contributed by atoms with van der Waals surface area (Å²) < 4.78 is 0.916. The van der Waals surface area contributed by atoms with Crippen LogP contribution in [0.1, 0.15) is 23.3 Å². The normalized spacial score (nSPS) is 15.2. The van der Waals surface area contributed by atoms with Crippen molar-refractivity contribution >= 4 is 38.8 Å². The molecule has 0 amide bonds. The smallest absolute Gasteiger partial charge is 0.172 e. The lowest BCUT2D eigenvalue weighted by Gasteiger charge is -2.26. The Morgan fingerprint density at radius 2 is 2.24 bits per heavy atom. The zero-order valence-corrected chi connectivity index (χ0v) is 13.8. The number of thiophene rings is 1. The molecule has 3 rings (SSSR count). The topological polar surface area (TPSA) is 61.9 Å². The highest BCUT2D eigenvalue weighted by atomic mass is 79.9. The minimum Gasteiger partial charge on any atom is -0.409 e. The molecule has 1 aliphatic carbocycles. The summed E-state index contributed by atoms with van der Waals surface area (Å²) in [5, 5.41) is 14.3. The molecule has 0 atom stereocenters. The SMILES string of the molecule is N/C(=N/O)c1cc(Br)ccc1N(Cc1cccs1)C1CC1. The van der Waals surface area contributed by atoms with E-state index in [2.05, 4.69) is 43.5 Å². The highest BCUT2D eigenvalue weighted by molar-refractivity contribution is 9.10. The lowest BCUT2D eigenvalue weighted by molar-refractivity contribution is 0.318. The third-order valence-electron chi connectivity index (χ3n) is 3.55. The second-order valence-electron chi connectivity index (χ2n) is 5.09. The molecule has 4 nitrogen and oxygen atoms in total. The number of hydrogen-bond donors (Lipinski definition) is 2. The van der Waals surface area contributed by atoms with Gasteiger partial charge in [-0.05, 0) is 42.5 Å². The van der Waals surface area contributed by atoms with Crippen molar-refractivity contribution in [1.82, 2.24) is 0 Å². The average Bonchev–Trinajstić information content (AvgIpc) is 3.21. The molecule has 0 aliphatic heterocycles. The van der Waals surface area contributed by atoms with Gasteiger partial charge in [-0.3, -0.25) is 0 Å².